The summed E-state index contributed by atoms with van der Waals surface area (Å²) in [5, 5.41) is 4.03. The van der Waals surface area contributed by atoms with E-state index in [1.54, 1.807) is 10.2 Å². The smallest absolute Gasteiger partial charge is 0.255 e. The van der Waals surface area contributed by atoms with E-state index >= 15 is 0 Å². The van der Waals surface area contributed by atoms with Gasteiger partial charge in [-0.2, -0.15) is 0 Å². The van der Waals surface area contributed by atoms with E-state index in [1.165, 1.54) is 0 Å². The fourth-order valence-electron chi connectivity index (χ4n) is 4.70. The van der Waals surface area contributed by atoms with Crippen LogP contribution in [0, 0.1) is 0 Å². The van der Waals surface area contributed by atoms with E-state index in [1.807, 2.05) is 12.1 Å². The van der Waals surface area contributed by atoms with Gasteiger partial charge < -0.3 is 10.2 Å². The molecule has 4 aliphatic rings. The van der Waals surface area contributed by atoms with Gasteiger partial charge in [0.15, 0.2) is 0 Å². The molecule has 2 bridgehead atoms. The molecule has 3 amide bonds. The van der Waals surface area contributed by atoms with Gasteiger partial charge in [0.05, 0.1) is 0 Å². The molecule has 7 heteroatoms. The summed E-state index contributed by atoms with van der Waals surface area (Å²) < 4.78 is 7.87. The van der Waals surface area contributed by atoms with E-state index in [0.29, 0.717) is 30.6 Å². The van der Waals surface area contributed by atoms with Crippen LogP contribution >= 0.6 is 0 Å². The summed E-state index contributed by atoms with van der Waals surface area (Å²) in [5.41, 5.74) is 2.77. The van der Waals surface area contributed by atoms with Gasteiger partial charge in [0.2, 0.25) is 11.8 Å². The van der Waals surface area contributed by atoms with E-state index in [4.69, 9.17) is 1.41 Å². The number of nitrogens with zero attached hydrogens (tertiary/aromatic N) is 2. The van der Waals surface area contributed by atoms with Gasteiger partial charge in [0, 0.05) is 50.2 Å². The molecule has 26 heavy (non-hydrogen) atoms. The zero-order valence-electron chi connectivity index (χ0n) is 15.5. The van der Waals surface area contributed by atoms with Gasteiger partial charge >= 0.3 is 0 Å². The Morgan fingerprint density at radius 2 is 2.15 bits per heavy atom. The monoisotopic (exact) mass is 355 g/mol. The number of piperazine rings is 1. The molecule has 5 rings (SSSR count). The van der Waals surface area contributed by atoms with Crippen molar-refractivity contribution in [1.82, 2.24) is 20.4 Å². The number of hydrogen-bond acceptors (Lipinski definition) is 5. The number of rotatable bonds is 3. The number of nitrogens with one attached hydrogen (secondary N) is 2. The summed E-state index contributed by atoms with van der Waals surface area (Å²) in [4.78, 5) is 40.3. The number of amides is 3. The van der Waals surface area contributed by atoms with Crippen molar-refractivity contribution in [3.8, 4) is 0 Å². The van der Waals surface area contributed by atoms with Gasteiger partial charge in [-0.1, -0.05) is 12.1 Å². The van der Waals surface area contributed by atoms with Crippen LogP contribution in [-0.2, 0) is 22.7 Å². The maximum Gasteiger partial charge on any atom is 0.255 e. The lowest BCUT2D eigenvalue weighted by atomic mass is 10.0. The van der Waals surface area contributed by atoms with E-state index in [2.05, 4.69) is 16.3 Å². The second-order valence-electron chi connectivity index (χ2n) is 7.73. The molecule has 0 aromatic heterocycles. The highest BCUT2D eigenvalue weighted by atomic mass is 16.2. The second-order valence-corrected chi connectivity index (χ2v) is 7.73. The van der Waals surface area contributed by atoms with Crippen molar-refractivity contribution in [3.63, 3.8) is 0 Å². The third-order valence-corrected chi connectivity index (χ3v) is 6.05. The number of imide groups is 1. The predicted molar refractivity (Wildman–Crippen MR) is 93.1 cm³/mol. The van der Waals surface area contributed by atoms with Crippen molar-refractivity contribution in [3.05, 3.63) is 34.9 Å². The van der Waals surface area contributed by atoms with E-state index < -0.39 is 6.04 Å². The highest BCUT2D eigenvalue weighted by Gasteiger charge is 2.40. The maximum absolute atomic E-state index is 12.7. The van der Waals surface area contributed by atoms with Crippen LogP contribution in [0.4, 0.5) is 0 Å². The average molecular weight is 355 g/mol. The van der Waals surface area contributed by atoms with Gasteiger partial charge in [-0.05, 0) is 30.0 Å². The fraction of sp³-hybridized carbons (Fsp3) is 0.526. The molecule has 3 atom stereocenters. The zero-order chi connectivity index (χ0) is 18.7. The minimum Gasteiger partial charge on any atom is -0.322 e. The Balaban J connectivity index is 1.31. The minimum atomic E-state index is -0.566. The SMILES string of the molecule is [2H]N1C[C@@H]2C[C@H]1CN2Cc1ccc2c(c1)CN(C1CCC(=O)NC1=O)C2=O. The number of carbonyl (C=O) groups excluding carboxylic acids is 3. The molecule has 2 N–H and O–H groups in total. The van der Waals surface area contributed by atoms with Crippen molar-refractivity contribution in [2.24, 2.45) is 0 Å². The number of carbonyl (C=O) groups is 3. The molecule has 0 spiro atoms. The number of fused-ring (bicyclic) bond motifs is 3. The summed E-state index contributed by atoms with van der Waals surface area (Å²) in [6.45, 7) is 2.97. The Morgan fingerprint density at radius 3 is 2.88 bits per heavy atom. The van der Waals surface area contributed by atoms with Crippen LogP contribution in [-0.4, -0.2) is 58.7 Å². The molecule has 0 saturated carbocycles. The standard InChI is InChI=1S/C19H22N4O3/c24-17-4-3-16(18(25)21-17)23-9-12-5-11(1-2-15(12)19(23)26)8-22-10-13-6-14(22)7-20-13/h1-2,5,13-14,16,20H,3-4,6-10H2,(H,21,24,25)/t13-,14-,16?/m0/s1/i/hD. The predicted octanol–water partition coefficient (Wildman–Crippen LogP) is -0.00630. The van der Waals surface area contributed by atoms with Gasteiger partial charge in [-0.15, -0.1) is 0 Å². The molecule has 1 aromatic rings. The summed E-state index contributed by atoms with van der Waals surface area (Å²) in [6, 6.07) is 6.16. The van der Waals surface area contributed by atoms with Crippen LogP contribution in [0.15, 0.2) is 18.2 Å². The maximum atomic E-state index is 12.7. The minimum absolute atomic E-state index is 0.129. The normalized spacial score (nSPS) is 32.2. The highest BCUT2D eigenvalue weighted by Crippen LogP contribution is 2.30. The first-order valence-corrected chi connectivity index (χ1v) is 9.25. The third-order valence-electron chi connectivity index (χ3n) is 6.05. The molecule has 4 heterocycles. The van der Waals surface area contributed by atoms with Crippen LogP contribution in [0.2, 0.25) is 1.41 Å². The number of benzene rings is 1. The summed E-state index contributed by atoms with van der Waals surface area (Å²) in [7, 11) is 0. The second kappa shape index (κ2) is 5.89. The first-order valence-electron chi connectivity index (χ1n) is 9.70. The van der Waals surface area contributed by atoms with Crippen LogP contribution in [0.25, 0.3) is 0 Å². The average Bonchev–Trinajstić information content (AvgIpc) is 3.28. The van der Waals surface area contributed by atoms with Crippen LogP contribution in [0.1, 0.15) is 40.7 Å². The largest absolute Gasteiger partial charge is 0.322 e. The highest BCUT2D eigenvalue weighted by molar-refractivity contribution is 6.05. The van der Waals surface area contributed by atoms with Crippen LogP contribution in [0.5, 0.6) is 0 Å². The molecule has 1 unspecified atom stereocenters. The molecular formula is C19H22N4O3. The van der Waals surface area contributed by atoms with Crippen molar-refractivity contribution < 1.29 is 15.8 Å². The molecule has 0 radical (unpaired) electrons. The molecule has 0 aliphatic carbocycles. The molecule has 3 fully saturated rings. The van der Waals surface area contributed by atoms with Gasteiger partial charge in [0.1, 0.15) is 7.45 Å². The molecule has 3 saturated heterocycles. The van der Waals surface area contributed by atoms with Crippen molar-refractivity contribution in [2.45, 2.75) is 50.5 Å². The van der Waals surface area contributed by atoms with Gasteiger partial charge in [0.25, 0.3) is 5.91 Å². The van der Waals surface area contributed by atoms with Crippen LogP contribution < -0.4 is 10.6 Å². The number of hydrogen-bond donors (Lipinski definition) is 2. The summed E-state index contributed by atoms with van der Waals surface area (Å²) in [6.07, 6.45) is 1.72. The third kappa shape index (κ3) is 2.54. The molecule has 4 aliphatic heterocycles. The Hall–Kier alpha value is -2.25. The van der Waals surface area contributed by atoms with Crippen LogP contribution in [0.3, 0.4) is 0 Å². The molecular weight excluding hydrogens is 332 g/mol. The topological polar surface area (TPSA) is 81.8 Å². The fourth-order valence-corrected chi connectivity index (χ4v) is 4.70. The van der Waals surface area contributed by atoms with Crippen molar-refractivity contribution in [1.29, 1.82) is 0 Å². The van der Waals surface area contributed by atoms with Gasteiger partial charge in [-0.25, -0.2) is 0 Å². The lowest BCUT2D eigenvalue weighted by Crippen LogP contribution is -2.52. The van der Waals surface area contributed by atoms with E-state index in [9.17, 15) is 14.4 Å². The zero-order valence-corrected chi connectivity index (χ0v) is 14.5. The van der Waals surface area contributed by atoms with Crippen molar-refractivity contribution >= 4 is 17.7 Å². The Bertz CT molecular complexity index is 842. The molecule has 136 valence electrons. The number of piperidine rings is 1. The lowest BCUT2D eigenvalue weighted by molar-refractivity contribution is -0.136. The lowest BCUT2D eigenvalue weighted by Gasteiger charge is -2.29. The first-order chi connectivity index (χ1) is 13.0. The first kappa shape index (κ1) is 14.9. The quantitative estimate of drug-likeness (QED) is 0.746. The Kier molecular flexibility index (Phi) is 3.37. The molecule has 7 nitrogen and oxygen atoms in total. The van der Waals surface area contributed by atoms with Crippen molar-refractivity contribution in [2.75, 3.05) is 13.1 Å². The van der Waals surface area contributed by atoms with E-state index in [-0.39, 0.29) is 24.1 Å². The summed E-state index contributed by atoms with van der Waals surface area (Å²) >= 11 is 0. The Labute approximate surface area is 153 Å². The number of likely N-dealkylation sites (tertiary alicyclic amines) is 1. The summed E-state index contributed by atoms with van der Waals surface area (Å²) in [5.74, 6) is -0.773. The molecule has 1 aromatic carbocycles. The van der Waals surface area contributed by atoms with E-state index in [0.717, 1.165) is 37.2 Å². The van der Waals surface area contributed by atoms with Gasteiger partial charge in [-0.3, -0.25) is 24.6 Å². The Morgan fingerprint density at radius 1 is 1.27 bits per heavy atom.